The molecule has 2 aliphatic heterocycles. The topological polar surface area (TPSA) is 79.0 Å². The molecule has 2 aromatic carbocycles. The van der Waals surface area contributed by atoms with E-state index in [0.717, 1.165) is 38.0 Å². The Labute approximate surface area is 217 Å². The molecular formula is C26H26BrN3O4S. The number of halogens is 1. The number of carbonyl (C=O) groups is 3. The van der Waals surface area contributed by atoms with Crippen molar-refractivity contribution in [2.75, 3.05) is 30.9 Å². The predicted octanol–water partition coefficient (Wildman–Crippen LogP) is 5.76. The lowest BCUT2D eigenvalue weighted by Crippen LogP contribution is -2.42. The van der Waals surface area contributed by atoms with Crippen molar-refractivity contribution in [2.24, 2.45) is 0 Å². The number of allylic oxidation sites excluding steroid dienone is 1. The summed E-state index contributed by atoms with van der Waals surface area (Å²) >= 11 is 4.16. The molecule has 182 valence electrons. The number of nitrogens with zero attached hydrogens (tertiary/aromatic N) is 2. The van der Waals surface area contributed by atoms with Crippen LogP contribution >= 0.6 is 27.7 Å². The normalized spacial score (nSPS) is 18.0. The van der Waals surface area contributed by atoms with Gasteiger partial charge in [0.15, 0.2) is 0 Å². The number of rotatable bonds is 5. The van der Waals surface area contributed by atoms with Crippen molar-refractivity contribution in [2.45, 2.75) is 26.3 Å². The summed E-state index contributed by atoms with van der Waals surface area (Å²) in [5, 5.41) is 2.22. The number of amides is 3. The Morgan fingerprint density at radius 2 is 1.89 bits per heavy atom. The summed E-state index contributed by atoms with van der Waals surface area (Å²) in [6, 6.07) is 11.0. The van der Waals surface area contributed by atoms with E-state index in [4.69, 9.17) is 4.74 Å². The zero-order valence-electron chi connectivity index (χ0n) is 20.1. The Balaban J connectivity index is 1.58. The maximum Gasteiger partial charge on any atom is 0.294 e. The first-order valence-electron chi connectivity index (χ1n) is 11.0. The number of nitrogens with one attached hydrogen (secondary N) is 1. The van der Waals surface area contributed by atoms with Gasteiger partial charge in [0.25, 0.3) is 11.1 Å². The second-order valence-corrected chi connectivity index (χ2v) is 10.9. The maximum absolute atomic E-state index is 13.0. The molecule has 2 heterocycles. The quantitative estimate of drug-likeness (QED) is 0.472. The van der Waals surface area contributed by atoms with E-state index in [0.29, 0.717) is 17.0 Å². The van der Waals surface area contributed by atoms with Crippen LogP contribution < -0.4 is 15.0 Å². The third kappa shape index (κ3) is 5.01. The second-order valence-electron chi connectivity index (χ2n) is 8.97. The molecule has 1 N–H and O–H groups in total. The van der Waals surface area contributed by atoms with Gasteiger partial charge in [-0.2, -0.15) is 0 Å². The Kier molecular flexibility index (Phi) is 6.83. The molecule has 0 unspecified atom stereocenters. The first kappa shape index (κ1) is 25.1. The van der Waals surface area contributed by atoms with Crippen molar-refractivity contribution < 1.29 is 19.1 Å². The van der Waals surface area contributed by atoms with Crippen LogP contribution in [-0.4, -0.2) is 48.2 Å². The Bertz CT molecular complexity index is 1280. The van der Waals surface area contributed by atoms with Gasteiger partial charge in [0.05, 0.1) is 17.6 Å². The summed E-state index contributed by atoms with van der Waals surface area (Å²) in [6.45, 7) is 5.98. The van der Waals surface area contributed by atoms with E-state index in [1.54, 1.807) is 37.5 Å². The van der Waals surface area contributed by atoms with Crippen LogP contribution in [0, 0.1) is 0 Å². The van der Waals surface area contributed by atoms with E-state index in [1.807, 2.05) is 19.2 Å². The van der Waals surface area contributed by atoms with Crippen LogP contribution in [0.5, 0.6) is 5.75 Å². The number of methoxy groups -OCH3 is 1. The number of imide groups is 1. The number of likely N-dealkylation sites (N-methyl/N-ethyl adjacent to an activating group) is 1. The molecule has 4 rings (SSSR count). The van der Waals surface area contributed by atoms with Gasteiger partial charge in [0.2, 0.25) is 5.91 Å². The molecule has 2 aromatic rings. The molecule has 0 saturated carbocycles. The van der Waals surface area contributed by atoms with E-state index in [-0.39, 0.29) is 17.0 Å². The first-order valence-corrected chi connectivity index (χ1v) is 12.6. The van der Waals surface area contributed by atoms with Gasteiger partial charge in [0, 0.05) is 40.1 Å². The summed E-state index contributed by atoms with van der Waals surface area (Å²) in [6.07, 6.45) is 3.85. The third-order valence-corrected chi connectivity index (χ3v) is 7.59. The largest absolute Gasteiger partial charge is 0.496 e. The molecular weight excluding hydrogens is 530 g/mol. The van der Waals surface area contributed by atoms with Gasteiger partial charge in [0.1, 0.15) is 12.3 Å². The maximum atomic E-state index is 13.0. The van der Waals surface area contributed by atoms with Crippen molar-refractivity contribution in [3.63, 3.8) is 0 Å². The summed E-state index contributed by atoms with van der Waals surface area (Å²) in [7, 11) is 3.61. The lowest BCUT2D eigenvalue weighted by molar-refractivity contribution is -0.127. The highest BCUT2D eigenvalue weighted by Gasteiger charge is 2.37. The van der Waals surface area contributed by atoms with Crippen LogP contribution in [0.2, 0.25) is 0 Å². The average molecular weight is 556 g/mol. The molecule has 0 bridgehead atoms. The van der Waals surface area contributed by atoms with Crippen LogP contribution in [0.15, 0.2) is 51.9 Å². The lowest BCUT2D eigenvalue weighted by atomic mass is 9.88. The molecule has 0 atom stereocenters. The fourth-order valence-corrected chi connectivity index (χ4v) is 5.23. The minimum absolute atomic E-state index is 0.150. The zero-order chi connectivity index (χ0) is 25.5. The Hall–Kier alpha value is -3.04. The number of anilines is 2. The molecule has 3 amide bonds. The van der Waals surface area contributed by atoms with E-state index in [9.17, 15) is 14.4 Å². The monoisotopic (exact) mass is 555 g/mol. The molecule has 35 heavy (non-hydrogen) atoms. The van der Waals surface area contributed by atoms with Gasteiger partial charge in [-0.05, 0) is 74.5 Å². The number of fused-ring (bicyclic) bond motifs is 1. The van der Waals surface area contributed by atoms with Gasteiger partial charge in [-0.3, -0.25) is 19.3 Å². The summed E-state index contributed by atoms with van der Waals surface area (Å²) in [5.74, 6) is -0.356. The highest BCUT2D eigenvalue weighted by molar-refractivity contribution is 9.10. The predicted molar refractivity (Wildman–Crippen MR) is 145 cm³/mol. The fraction of sp³-hybridized carbons (Fsp3) is 0.269. The first-order chi connectivity index (χ1) is 16.5. The van der Waals surface area contributed by atoms with Gasteiger partial charge in [-0.25, -0.2) is 0 Å². The lowest BCUT2D eigenvalue weighted by Gasteiger charge is -2.41. The molecule has 7 nitrogen and oxygen atoms in total. The zero-order valence-corrected chi connectivity index (χ0v) is 22.5. The Morgan fingerprint density at radius 3 is 2.54 bits per heavy atom. The molecule has 1 saturated heterocycles. The van der Waals surface area contributed by atoms with Gasteiger partial charge in [-0.15, -0.1) is 0 Å². The Morgan fingerprint density at radius 1 is 1.20 bits per heavy atom. The molecule has 2 aliphatic rings. The molecule has 0 radical (unpaired) electrons. The SMILES string of the molecule is COc1cc2c(cc1/C=C1/SC(=O)N(CC(=O)Nc3ccc(Br)cc3)C1=O)C(C)=CC(C)(C)N2C. The van der Waals surface area contributed by atoms with Gasteiger partial charge in [-0.1, -0.05) is 22.0 Å². The third-order valence-electron chi connectivity index (χ3n) is 6.16. The number of hydrogen-bond donors (Lipinski definition) is 1. The molecule has 9 heteroatoms. The summed E-state index contributed by atoms with van der Waals surface area (Å²) < 4.78 is 6.50. The number of thioether (sulfide) groups is 1. The standard InChI is InChI=1S/C26H26BrN3O4S/c1-15-13-26(2,3)29(4)20-12-21(34-5)16(10-19(15)20)11-22-24(32)30(25(33)35-22)14-23(31)28-18-8-6-17(27)7-9-18/h6-13H,14H2,1-5H3,(H,28,31)/b22-11+. The number of benzene rings is 2. The van der Waals surface area contributed by atoms with Crippen LogP contribution in [0.1, 0.15) is 31.9 Å². The number of carbonyl (C=O) groups excluding carboxylic acids is 3. The van der Waals surface area contributed by atoms with Crippen LogP contribution in [-0.2, 0) is 9.59 Å². The minimum atomic E-state index is -0.503. The summed E-state index contributed by atoms with van der Waals surface area (Å²) in [5.41, 5.74) is 4.31. The van der Waals surface area contributed by atoms with Crippen LogP contribution in [0.3, 0.4) is 0 Å². The summed E-state index contributed by atoms with van der Waals surface area (Å²) in [4.78, 5) is 41.4. The van der Waals surface area contributed by atoms with Crippen LogP contribution in [0.25, 0.3) is 11.6 Å². The fourth-order valence-electron chi connectivity index (χ4n) is 4.14. The smallest absolute Gasteiger partial charge is 0.294 e. The van der Waals surface area contributed by atoms with Crippen molar-refractivity contribution in [3.05, 3.63) is 63.0 Å². The number of ether oxygens (including phenoxy) is 1. The van der Waals surface area contributed by atoms with E-state index in [2.05, 4.69) is 53.0 Å². The van der Waals surface area contributed by atoms with E-state index in [1.165, 1.54) is 0 Å². The second kappa shape index (κ2) is 9.54. The van der Waals surface area contributed by atoms with Crippen molar-refractivity contribution in [3.8, 4) is 5.75 Å². The minimum Gasteiger partial charge on any atom is -0.496 e. The van der Waals surface area contributed by atoms with Gasteiger partial charge >= 0.3 is 0 Å². The van der Waals surface area contributed by atoms with E-state index >= 15 is 0 Å². The highest BCUT2D eigenvalue weighted by atomic mass is 79.9. The molecule has 1 fully saturated rings. The van der Waals surface area contributed by atoms with Gasteiger partial charge < -0.3 is 15.0 Å². The molecule has 0 spiro atoms. The molecule has 0 aromatic heterocycles. The average Bonchev–Trinajstić information content (AvgIpc) is 3.06. The van der Waals surface area contributed by atoms with Crippen LogP contribution in [0.4, 0.5) is 16.2 Å². The molecule has 0 aliphatic carbocycles. The van der Waals surface area contributed by atoms with E-state index < -0.39 is 17.1 Å². The number of hydrogen-bond acceptors (Lipinski definition) is 6. The highest BCUT2D eigenvalue weighted by Crippen LogP contribution is 2.42. The van der Waals surface area contributed by atoms with Crippen molar-refractivity contribution in [1.29, 1.82) is 0 Å². The van der Waals surface area contributed by atoms with Crippen molar-refractivity contribution >= 4 is 67.8 Å². The van der Waals surface area contributed by atoms with Crippen molar-refractivity contribution in [1.82, 2.24) is 4.90 Å².